The number of hydrogen-bond donors (Lipinski definition) is 1. The highest BCUT2D eigenvalue weighted by atomic mass is 79.9. The number of aryl methyl sites for hydroxylation is 1. The van der Waals surface area contributed by atoms with Crippen molar-refractivity contribution in [1.82, 2.24) is 5.32 Å². The average Bonchev–Trinajstić information content (AvgIpc) is 2.23. The number of halogens is 1. The highest BCUT2D eigenvalue weighted by molar-refractivity contribution is 9.10. The normalized spacial score (nSPS) is 18.8. The van der Waals surface area contributed by atoms with Gasteiger partial charge in [0.15, 0.2) is 0 Å². The van der Waals surface area contributed by atoms with E-state index < -0.39 is 5.54 Å². The Kier molecular flexibility index (Phi) is 3.19. The third-order valence-electron chi connectivity index (χ3n) is 2.98. The van der Waals surface area contributed by atoms with Gasteiger partial charge in [0.1, 0.15) is 12.1 Å². The van der Waals surface area contributed by atoms with Gasteiger partial charge in [0.05, 0.1) is 0 Å². The van der Waals surface area contributed by atoms with E-state index in [-0.39, 0.29) is 18.4 Å². The molecule has 1 fully saturated rings. The number of hydrogen-bond acceptors (Lipinski definition) is 2. The van der Waals surface area contributed by atoms with Gasteiger partial charge in [-0.1, -0.05) is 15.9 Å². The van der Waals surface area contributed by atoms with E-state index in [4.69, 9.17) is 0 Å². The Morgan fingerprint density at radius 3 is 2.61 bits per heavy atom. The van der Waals surface area contributed by atoms with Crippen molar-refractivity contribution < 1.29 is 9.59 Å². The van der Waals surface area contributed by atoms with Gasteiger partial charge in [0, 0.05) is 10.2 Å². The molecular formula is C13H15BrN2O2. The third-order valence-corrected chi connectivity index (χ3v) is 3.48. The molecule has 0 radical (unpaired) electrons. The molecule has 0 aromatic heterocycles. The van der Waals surface area contributed by atoms with Crippen molar-refractivity contribution in [2.75, 3.05) is 11.4 Å². The van der Waals surface area contributed by atoms with Gasteiger partial charge < -0.3 is 10.2 Å². The molecule has 2 amide bonds. The van der Waals surface area contributed by atoms with E-state index in [1.54, 1.807) is 18.7 Å². The highest BCUT2D eigenvalue weighted by Gasteiger charge is 2.40. The molecule has 0 saturated carbocycles. The van der Waals surface area contributed by atoms with E-state index in [1.807, 2.05) is 25.1 Å². The largest absolute Gasteiger partial charge is 0.341 e. The average molecular weight is 311 g/mol. The fraction of sp³-hybridized carbons (Fsp3) is 0.385. The lowest BCUT2D eigenvalue weighted by molar-refractivity contribution is -0.134. The van der Waals surface area contributed by atoms with Crippen LogP contribution in [0, 0.1) is 6.92 Å². The van der Waals surface area contributed by atoms with E-state index in [0.29, 0.717) is 0 Å². The SMILES string of the molecule is Cc1cc(Br)ccc1N1CC(=O)NC(C)(C)C1=O. The quantitative estimate of drug-likeness (QED) is 0.862. The van der Waals surface area contributed by atoms with Gasteiger partial charge in [0.25, 0.3) is 5.91 Å². The lowest BCUT2D eigenvalue weighted by atomic mass is 9.99. The summed E-state index contributed by atoms with van der Waals surface area (Å²) < 4.78 is 0.955. The first kappa shape index (κ1) is 13.1. The molecule has 1 aliphatic heterocycles. The van der Waals surface area contributed by atoms with Crippen molar-refractivity contribution in [2.45, 2.75) is 26.3 Å². The standard InChI is InChI=1S/C13H15BrN2O2/c1-8-6-9(14)4-5-10(8)16-7-11(17)15-13(2,3)12(16)18/h4-6H,7H2,1-3H3,(H,15,17). The molecule has 1 heterocycles. The fourth-order valence-corrected chi connectivity index (χ4v) is 2.59. The second-order valence-electron chi connectivity index (χ2n) is 5.00. The van der Waals surface area contributed by atoms with Crippen LogP contribution in [0.1, 0.15) is 19.4 Å². The van der Waals surface area contributed by atoms with Gasteiger partial charge in [-0.2, -0.15) is 0 Å². The molecule has 0 bridgehead atoms. The van der Waals surface area contributed by atoms with Gasteiger partial charge in [-0.3, -0.25) is 9.59 Å². The molecule has 0 spiro atoms. The maximum absolute atomic E-state index is 12.3. The molecule has 5 heteroatoms. The van der Waals surface area contributed by atoms with Crippen molar-refractivity contribution in [3.05, 3.63) is 28.2 Å². The molecule has 0 aliphatic carbocycles. The molecule has 18 heavy (non-hydrogen) atoms. The number of benzene rings is 1. The number of piperazine rings is 1. The number of carbonyl (C=O) groups is 2. The molecule has 0 atom stereocenters. The number of rotatable bonds is 1. The molecule has 1 saturated heterocycles. The van der Waals surface area contributed by atoms with Crippen molar-refractivity contribution in [3.63, 3.8) is 0 Å². The predicted octanol–water partition coefficient (Wildman–Crippen LogP) is 2.00. The van der Waals surface area contributed by atoms with Crippen molar-refractivity contribution in [1.29, 1.82) is 0 Å². The number of amides is 2. The smallest absolute Gasteiger partial charge is 0.252 e. The molecule has 96 valence electrons. The number of carbonyl (C=O) groups excluding carboxylic acids is 2. The summed E-state index contributed by atoms with van der Waals surface area (Å²) in [6.07, 6.45) is 0. The van der Waals surface area contributed by atoms with Crippen LogP contribution in [0.15, 0.2) is 22.7 Å². The predicted molar refractivity (Wildman–Crippen MR) is 73.5 cm³/mol. The molecule has 0 unspecified atom stereocenters. The van der Waals surface area contributed by atoms with Gasteiger partial charge in [-0.05, 0) is 44.5 Å². The summed E-state index contributed by atoms with van der Waals surface area (Å²) in [5, 5.41) is 2.70. The highest BCUT2D eigenvalue weighted by Crippen LogP contribution is 2.27. The third kappa shape index (κ3) is 2.27. The lowest BCUT2D eigenvalue weighted by Crippen LogP contribution is -2.64. The summed E-state index contributed by atoms with van der Waals surface area (Å²) in [5.74, 6) is -0.227. The Bertz CT molecular complexity index is 526. The van der Waals surface area contributed by atoms with Crippen LogP contribution in [0.25, 0.3) is 0 Å². The van der Waals surface area contributed by atoms with E-state index in [2.05, 4.69) is 21.2 Å². The molecular weight excluding hydrogens is 296 g/mol. The zero-order chi connectivity index (χ0) is 13.5. The molecule has 1 aromatic carbocycles. The minimum Gasteiger partial charge on any atom is -0.341 e. The topological polar surface area (TPSA) is 49.4 Å². The van der Waals surface area contributed by atoms with Crippen LogP contribution in [0.3, 0.4) is 0 Å². The molecule has 4 nitrogen and oxygen atoms in total. The van der Waals surface area contributed by atoms with Crippen molar-refractivity contribution in [2.24, 2.45) is 0 Å². The van der Waals surface area contributed by atoms with Crippen LogP contribution in [0.5, 0.6) is 0 Å². The first-order valence-corrected chi connectivity index (χ1v) is 6.50. The van der Waals surface area contributed by atoms with E-state index in [0.717, 1.165) is 15.7 Å². The van der Waals surface area contributed by atoms with Gasteiger partial charge in [0.2, 0.25) is 5.91 Å². The number of nitrogens with zero attached hydrogens (tertiary/aromatic N) is 1. The van der Waals surface area contributed by atoms with E-state index in [9.17, 15) is 9.59 Å². The van der Waals surface area contributed by atoms with Crippen molar-refractivity contribution in [3.8, 4) is 0 Å². The van der Waals surface area contributed by atoms with Crippen LogP contribution < -0.4 is 10.2 Å². The van der Waals surface area contributed by atoms with Gasteiger partial charge in [-0.15, -0.1) is 0 Å². The summed E-state index contributed by atoms with van der Waals surface area (Å²) in [6.45, 7) is 5.43. The molecule has 1 aliphatic rings. The Morgan fingerprint density at radius 1 is 1.33 bits per heavy atom. The minimum absolute atomic E-state index is 0.0741. The first-order chi connectivity index (χ1) is 8.31. The Hall–Kier alpha value is -1.36. The lowest BCUT2D eigenvalue weighted by Gasteiger charge is -2.38. The Labute approximate surface area is 114 Å². The summed E-state index contributed by atoms with van der Waals surface area (Å²) in [7, 11) is 0. The zero-order valence-corrected chi connectivity index (χ0v) is 12.2. The number of anilines is 1. The van der Waals surface area contributed by atoms with Crippen LogP contribution in [0.2, 0.25) is 0 Å². The van der Waals surface area contributed by atoms with E-state index >= 15 is 0 Å². The summed E-state index contributed by atoms with van der Waals surface area (Å²) >= 11 is 3.39. The fourth-order valence-electron chi connectivity index (χ4n) is 2.11. The van der Waals surface area contributed by atoms with Gasteiger partial charge >= 0.3 is 0 Å². The summed E-state index contributed by atoms with van der Waals surface area (Å²) in [6, 6.07) is 5.66. The maximum Gasteiger partial charge on any atom is 0.252 e. The number of nitrogens with one attached hydrogen (secondary N) is 1. The van der Waals surface area contributed by atoms with E-state index in [1.165, 1.54) is 0 Å². The second kappa shape index (κ2) is 4.39. The Balaban J connectivity index is 2.43. The zero-order valence-electron chi connectivity index (χ0n) is 10.6. The molecule has 1 N–H and O–H groups in total. The van der Waals surface area contributed by atoms with Crippen LogP contribution >= 0.6 is 15.9 Å². The van der Waals surface area contributed by atoms with Crippen molar-refractivity contribution >= 4 is 33.4 Å². The molecule has 1 aromatic rings. The Morgan fingerprint density at radius 2 is 2.00 bits per heavy atom. The van der Waals surface area contributed by atoms with Crippen LogP contribution in [-0.2, 0) is 9.59 Å². The summed E-state index contributed by atoms with van der Waals surface area (Å²) in [4.78, 5) is 25.5. The van der Waals surface area contributed by atoms with Gasteiger partial charge in [-0.25, -0.2) is 0 Å². The van der Waals surface area contributed by atoms with Crippen LogP contribution in [0.4, 0.5) is 5.69 Å². The summed E-state index contributed by atoms with van der Waals surface area (Å²) in [5.41, 5.74) is 0.892. The van der Waals surface area contributed by atoms with Crippen LogP contribution in [-0.4, -0.2) is 23.9 Å². The second-order valence-corrected chi connectivity index (χ2v) is 5.91. The maximum atomic E-state index is 12.3. The minimum atomic E-state index is -0.852. The monoisotopic (exact) mass is 310 g/mol. The molecule has 2 rings (SSSR count). The first-order valence-electron chi connectivity index (χ1n) is 5.70.